The van der Waals surface area contributed by atoms with E-state index < -0.39 is 0 Å². The summed E-state index contributed by atoms with van der Waals surface area (Å²) in [4.78, 5) is 30.6. The second-order valence-electron chi connectivity index (χ2n) is 7.47. The summed E-state index contributed by atoms with van der Waals surface area (Å²) in [5, 5.41) is 8.65. The van der Waals surface area contributed by atoms with Gasteiger partial charge in [-0.1, -0.05) is 41.9 Å². The highest BCUT2D eigenvalue weighted by atomic mass is 35.5. The van der Waals surface area contributed by atoms with Crippen molar-refractivity contribution in [2.24, 2.45) is 0 Å². The van der Waals surface area contributed by atoms with Gasteiger partial charge in [-0.05, 0) is 48.9 Å². The zero-order chi connectivity index (χ0) is 22.9. The highest BCUT2D eigenvalue weighted by Gasteiger charge is 2.17. The number of anilines is 1. The molecule has 0 radical (unpaired) electrons. The fraction of sp³-hybridized carbons (Fsp3) is 0.0833. The number of hydrogen-bond acceptors (Lipinski definition) is 5. The number of thiazole rings is 1. The van der Waals surface area contributed by atoms with Crippen molar-refractivity contribution in [1.82, 2.24) is 19.2 Å². The number of aromatic nitrogens is 4. The van der Waals surface area contributed by atoms with Crippen LogP contribution in [0, 0.1) is 6.92 Å². The first kappa shape index (κ1) is 21.1. The molecule has 0 fully saturated rings. The molecule has 0 saturated heterocycles. The van der Waals surface area contributed by atoms with E-state index in [2.05, 4.69) is 15.4 Å². The molecule has 1 amide bonds. The molecule has 0 spiro atoms. The third kappa shape index (κ3) is 4.30. The van der Waals surface area contributed by atoms with Crippen molar-refractivity contribution in [3.8, 4) is 10.6 Å². The standard InChI is InChI=1S/C24H18ClN5O2S/c1-15-21(33-23(26-15)17-7-5-8-18(25)13-17)22(31)27-19-9-4-6-16(12-19)14-30-24(32)29-11-3-2-10-20(29)28-30/h2-13H,14H2,1H3,(H,27,31). The molecule has 3 aromatic heterocycles. The molecule has 0 aliphatic carbocycles. The number of halogens is 1. The maximum atomic E-state index is 13.0. The highest BCUT2D eigenvalue weighted by Crippen LogP contribution is 2.30. The van der Waals surface area contributed by atoms with Gasteiger partial charge in [-0.25, -0.2) is 14.5 Å². The van der Waals surface area contributed by atoms with Crippen LogP contribution < -0.4 is 11.0 Å². The predicted molar refractivity (Wildman–Crippen MR) is 130 cm³/mol. The number of benzene rings is 2. The Morgan fingerprint density at radius 3 is 2.76 bits per heavy atom. The molecule has 33 heavy (non-hydrogen) atoms. The number of carbonyl (C=O) groups excluding carboxylic acids is 1. The number of nitrogens with one attached hydrogen (secondary N) is 1. The van der Waals surface area contributed by atoms with Gasteiger partial charge in [0.25, 0.3) is 5.91 Å². The van der Waals surface area contributed by atoms with Crippen molar-refractivity contribution in [3.05, 3.63) is 105 Å². The van der Waals surface area contributed by atoms with Crippen LogP contribution in [0.25, 0.3) is 16.2 Å². The third-order valence-corrected chi connectivity index (χ3v) is 6.52. The second kappa shape index (κ2) is 8.65. The van der Waals surface area contributed by atoms with Crippen molar-refractivity contribution in [3.63, 3.8) is 0 Å². The van der Waals surface area contributed by atoms with Crippen LogP contribution in [0.4, 0.5) is 5.69 Å². The Morgan fingerprint density at radius 1 is 1.09 bits per heavy atom. The molecule has 9 heteroatoms. The lowest BCUT2D eigenvalue weighted by atomic mass is 10.2. The number of pyridine rings is 1. The lowest BCUT2D eigenvalue weighted by Crippen LogP contribution is -2.21. The summed E-state index contributed by atoms with van der Waals surface area (Å²) in [5.41, 5.74) is 3.37. The lowest BCUT2D eigenvalue weighted by Gasteiger charge is -2.07. The van der Waals surface area contributed by atoms with Crippen molar-refractivity contribution in [2.75, 3.05) is 5.32 Å². The van der Waals surface area contributed by atoms with Gasteiger partial charge in [-0.2, -0.15) is 0 Å². The molecule has 2 aromatic carbocycles. The Kier molecular flexibility index (Phi) is 5.53. The quantitative estimate of drug-likeness (QED) is 0.392. The first-order chi connectivity index (χ1) is 16.0. The van der Waals surface area contributed by atoms with Gasteiger partial charge in [0.15, 0.2) is 5.65 Å². The summed E-state index contributed by atoms with van der Waals surface area (Å²) in [6, 6.07) is 20.2. The van der Waals surface area contributed by atoms with Crippen LogP contribution in [0.3, 0.4) is 0 Å². The summed E-state index contributed by atoms with van der Waals surface area (Å²) in [6.07, 6.45) is 1.69. The number of rotatable bonds is 5. The number of hydrogen-bond donors (Lipinski definition) is 1. The molecule has 0 aliphatic heterocycles. The van der Waals surface area contributed by atoms with E-state index in [1.165, 1.54) is 20.4 Å². The first-order valence-electron chi connectivity index (χ1n) is 10.2. The topological polar surface area (TPSA) is 81.3 Å². The van der Waals surface area contributed by atoms with E-state index in [4.69, 9.17) is 11.6 Å². The van der Waals surface area contributed by atoms with Gasteiger partial charge in [0.05, 0.1) is 12.2 Å². The largest absolute Gasteiger partial charge is 0.350 e. The molecular formula is C24H18ClN5O2S. The smallest absolute Gasteiger partial charge is 0.321 e. The van der Waals surface area contributed by atoms with Gasteiger partial charge in [0, 0.05) is 22.5 Å². The fourth-order valence-electron chi connectivity index (χ4n) is 3.53. The van der Waals surface area contributed by atoms with Crippen molar-refractivity contribution >= 4 is 40.2 Å². The van der Waals surface area contributed by atoms with Crippen LogP contribution in [-0.4, -0.2) is 25.1 Å². The van der Waals surface area contributed by atoms with Crippen molar-refractivity contribution < 1.29 is 4.79 Å². The lowest BCUT2D eigenvalue weighted by molar-refractivity contribution is 0.103. The van der Waals surface area contributed by atoms with E-state index in [0.29, 0.717) is 33.5 Å². The summed E-state index contributed by atoms with van der Waals surface area (Å²) in [5.74, 6) is -0.236. The average Bonchev–Trinajstić information content (AvgIpc) is 3.34. The number of nitrogens with zero attached hydrogens (tertiary/aromatic N) is 4. The number of fused-ring (bicyclic) bond motifs is 1. The van der Waals surface area contributed by atoms with Crippen LogP contribution >= 0.6 is 22.9 Å². The molecule has 7 nitrogen and oxygen atoms in total. The minimum absolute atomic E-state index is 0.214. The molecule has 5 aromatic rings. The molecule has 5 rings (SSSR count). The zero-order valence-electron chi connectivity index (χ0n) is 17.5. The Balaban J connectivity index is 1.36. The molecule has 0 aliphatic rings. The maximum Gasteiger partial charge on any atom is 0.350 e. The van der Waals surface area contributed by atoms with E-state index in [-0.39, 0.29) is 11.6 Å². The Hall–Kier alpha value is -3.75. The summed E-state index contributed by atoms with van der Waals surface area (Å²) < 4.78 is 2.90. The number of carbonyl (C=O) groups is 1. The minimum Gasteiger partial charge on any atom is -0.321 e. The second-order valence-corrected chi connectivity index (χ2v) is 8.90. The molecule has 0 unspecified atom stereocenters. The van der Waals surface area contributed by atoms with Gasteiger partial charge in [0.2, 0.25) is 0 Å². The normalized spacial score (nSPS) is 11.1. The predicted octanol–water partition coefficient (Wildman–Crippen LogP) is 4.88. The molecule has 0 atom stereocenters. The van der Waals surface area contributed by atoms with Crippen LogP contribution in [-0.2, 0) is 6.54 Å². The monoisotopic (exact) mass is 475 g/mol. The maximum absolute atomic E-state index is 13.0. The SMILES string of the molecule is Cc1nc(-c2cccc(Cl)c2)sc1C(=O)Nc1cccc(Cn2nc3ccccn3c2=O)c1. The summed E-state index contributed by atoms with van der Waals surface area (Å²) in [7, 11) is 0. The zero-order valence-corrected chi connectivity index (χ0v) is 19.1. The number of amides is 1. The van der Waals surface area contributed by atoms with Gasteiger partial charge in [-0.3, -0.25) is 9.20 Å². The molecular weight excluding hydrogens is 458 g/mol. The third-order valence-electron chi connectivity index (χ3n) is 5.08. The highest BCUT2D eigenvalue weighted by molar-refractivity contribution is 7.17. The fourth-order valence-corrected chi connectivity index (χ4v) is 4.68. The molecule has 1 N–H and O–H groups in total. The molecule has 0 bridgehead atoms. The van der Waals surface area contributed by atoms with E-state index in [9.17, 15) is 9.59 Å². The van der Waals surface area contributed by atoms with Gasteiger partial charge in [0.1, 0.15) is 9.88 Å². The van der Waals surface area contributed by atoms with E-state index in [1.54, 1.807) is 24.4 Å². The number of aryl methyl sites for hydroxylation is 1. The van der Waals surface area contributed by atoms with E-state index >= 15 is 0 Å². The van der Waals surface area contributed by atoms with Crippen LogP contribution in [0.2, 0.25) is 5.02 Å². The van der Waals surface area contributed by atoms with Crippen LogP contribution in [0.15, 0.2) is 77.7 Å². The van der Waals surface area contributed by atoms with Crippen LogP contribution in [0.1, 0.15) is 20.9 Å². The summed E-state index contributed by atoms with van der Waals surface area (Å²) >= 11 is 7.41. The van der Waals surface area contributed by atoms with Gasteiger partial charge < -0.3 is 5.32 Å². The molecule has 0 saturated carbocycles. The van der Waals surface area contributed by atoms with Crippen LogP contribution in [0.5, 0.6) is 0 Å². The van der Waals surface area contributed by atoms with Gasteiger partial charge >= 0.3 is 5.69 Å². The molecule has 3 heterocycles. The van der Waals surface area contributed by atoms with Crippen molar-refractivity contribution in [1.29, 1.82) is 0 Å². The Labute approximate surface area is 197 Å². The Morgan fingerprint density at radius 2 is 1.94 bits per heavy atom. The van der Waals surface area contributed by atoms with E-state index in [1.807, 2.05) is 55.5 Å². The average molecular weight is 476 g/mol. The molecule has 164 valence electrons. The van der Waals surface area contributed by atoms with Crippen molar-refractivity contribution in [2.45, 2.75) is 13.5 Å². The minimum atomic E-state index is -0.236. The van der Waals surface area contributed by atoms with Gasteiger partial charge in [-0.15, -0.1) is 16.4 Å². The Bertz CT molecular complexity index is 1550. The first-order valence-corrected chi connectivity index (χ1v) is 11.4. The summed E-state index contributed by atoms with van der Waals surface area (Å²) in [6.45, 7) is 2.11. The van der Waals surface area contributed by atoms with E-state index in [0.717, 1.165) is 16.1 Å².